The summed E-state index contributed by atoms with van der Waals surface area (Å²) in [5.74, 6) is -0.421. The van der Waals surface area contributed by atoms with Gasteiger partial charge < -0.3 is 5.32 Å². The number of rotatable bonds is 2. The molecule has 1 aliphatic heterocycles. The minimum atomic E-state index is -0.421. The van der Waals surface area contributed by atoms with E-state index in [-0.39, 0.29) is 11.1 Å². The van der Waals surface area contributed by atoms with Gasteiger partial charge in [-0.05, 0) is 31.9 Å². The normalized spacial score (nSPS) is 20.9. The van der Waals surface area contributed by atoms with Crippen LogP contribution in [0.1, 0.15) is 36.9 Å². The van der Waals surface area contributed by atoms with E-state index in [9.17, 15) is 9.18 Å². The predicted molar refractivity (Wildman–Crippen MR) is 90.6 cm³/mol. The van der Waals surface area contributed by atoms with E-state index in [1.165, 1.54) is 42.3 Å². The highest BCUT2D eigenvalue weighted by atomic mass is 19.1. The molecule has 0 unspecified atom stereocenters. The van der Waals surface area contributed by atoms with E-state index in [1.54, 1.807) is 6.07 Å². The van der Waals surface area contributed by atoms with Gasteiger partial charge in [0.1, 0.15) is 11.5 Å². The van der Waals surface area contributed by atoms with Crippen LogP contribution in [0.25, 0.3) is 5.65 Å². The Balaban J connectivity index is 1.75. The maximum Gasteiger partial charge on any atom is 0.262 e. The van der Waals surface area contributed by atoms with Crippen molar-refractivity contribution in [2.75, 3.05) is 19.6 Å². The van der Waals surface area contributed by atoms with Crippen molar-refractivity contribution in [2.24, 2.45) is 0 Å². The Hall–Kier alpha value is -1.79. The number of hydrogen-bond donors (Lipinski definition) is 1. The molecule has 5 nitrogen and oxygen atoms in total. The van der Waals surface area contributed by atoms with Gasteiger partial charge in [-0.2, -0.15) is 0 Å². The molecule has 0 atom stereocenters. The van der Waals surface area contributed by atoms with Crippen LogP contribution in [0.5, 0.6) is 0 Å². The lowest BCUT2D eigenvalue weighted by Gasteiger charge is -2.45. The van der Waals surface area contributed by atoms with Gasteiger partial charge in [0.25, 0.3) is 5.56 Å². The third-order valence-corrected chi connectivity index (χ3v) is 5.65. The molecule has 2 aliphatic rings. The zero-order valence-corrected chi connectivity index (χ0v) is 14.0. The van der Waals surface area contributed by atoms with Crippen molar-refractivity contribution in [1.29, 1.82) is 0 Å². The summed E-state index contributed by atoms with van der Waals surface area (Å²) in [6.45, 7) is 5.34. The van der Waals surface area contributed by atoms with Crippen molar-refractivity contribution in [3.63, 3.8) is 0 Å². The molecule has 0 radical (unpaired) electrons. The summed E-state index contributed by atoms with van der Waals surface area (Å²) in [5.41, 5.74) is 1.95. The molecule has 0 amide bonds. The van der Waals surface area contributed by atoms with Gasteiger partial charge in [-0.1, -0.05) is 12.8 Å². The first-order valence-electron chi connectivity index (χ1n) is 8.72. The molecule has 2 fully saturated rings. The minimum absolute atomic E-state index is 0.149. The third kappa shape index (κ3) is 2.54. The fourth-order valence-corrected chi connectivity index (χ4v) is 4.29. The molecular weight excluding hydrogens is 307 g/mol. The smallest absolute Gasteiger partial charge is 0.262 e. The summed E-state index contributed by atoms with van der Waals surface area (Å²) in [6.07, 6.45) is 6.08. The number of hydrogen-bond acceptors (Lipinski definition) is 4. The quantitative estimate of drug-likeness (QED) is 0.913. The van der Waals surface area contributed by atoms with Gasteiger partial charge in [0.05, 0.1) is 5.56 Å². The van der Waals surface area contributed by atoms with E-state index in [2.05, 4.69) is 15.2 Å². The Morgan fingerprint density at radius 1 is 1.33 bits per heavy atom. The first kappa shape index (κ1) is 15.7. The number of halogens is 1. The number of nitrogens with one attached hydrogen (secondary N) is 1. The average molecular weight is 330 g/mol. The third-order valence-electron chi connectivity index (χ3n) is 5.65. The summed E-state index contributed by atoms with van der Waals surface area (Å²) in [7, 11) is 0. The van der Waals surface area contributed by atoms with Crippen LogP contribution in [0.4, 0.5) is 4.39 Å². The molecule has 1 saturated carbocycles. The molecule has 24 heavy (non-hydrogen) atoms. The summed E-state index contributed by atoms with van der Waals surface area (Å²) >= 11 is 0. The highest BCUT2D eigenvalue weighted by Gasteiger charge is 2.41. The van der Waals surface area contributed by atoms with Crippen molar-refractivity contribution in [3.05, 3.63) is 45.8 Å². The van der Waals surface area contributed by atoms with E-state index in [0.29, 0.717) is 17.8 Å². The molecule has 6 heteroatoms. The molecular formula is C18H23FN4O. The molecule has 128 valence electrons. The van der Waals surface area contributed by atoms with Gasteiger partial charge >= 0.3 is 0 Å². The summed E-state index contributed by atoms with van der Waals surface area (Å²) in [4.78, 5) is 19.9. The van der Waals surface area contributed by atoms with E-state index in [4.69, 9.17) is 0 Å². The van der Waals surface area contributed by atoms with Crippen LogP contribution >= 0.6 is 0 Å². The number of aryl methyl sites for hydroxylation is 1. The molecule has 0 bridgehead atoms. The highest BCUT2D eigenvalue weighted by Crippen LogP contribution is 2.36. The fraction of sp³-hybridized carbons (Fsp3) is 0.556. The molecule has 1 saturated heterocycles. The number of pyridine rings is 1. The zero-order chi connectivity index (χ0) is 16.7. The average Bonchev–Trinajstić information content (AvgIpc) is 3.03. The van der Waals surface area contributed by atoms with Crippen LogP contribution in [-0.4, -0.2) is 39.5 Å². The largest absolute Gasteiger partial charge is 0.314 e. The highest BCUT2D eigenvalue weighted by molar-refractivity contribution is 5.40. The molecule has 2 aromatic rings. The van der Waals surface area contributed by atoms with Crippen LogP contribution in [0.3, 0.4) is 0 Å². The maximum atomic E-state index is 13.5. The summed E-state index contributed by atoms with van der Waals surface area (Å²) in [5, 5.41) is 3.51. The van der Waals surface area contributed by atoms with Crippen LogP contribution in [-0.2, 0) is 6.54 Å². The predicted octanol–water partition coefficient (Wildman–Crippen LogP) is 1.86. The first-order chi connectivity index (χ1) is 11.6. The zero-order valence-electron chi connectivity index (χ0n) is 14.0. The van der Waals surface area contributed by atoms with Gasteiger partial charge in [0.15, 0.2) is 0 Å². The topological polar surface area (TPSA) is 49.6 Å². The van der Waals surface area contributed by atoms with Crippen molar-refractivity contribution in [2.45, 2.75) is 44.7 Å². The van der Waals surface area contributed by atoms with Crippen LogP contribution in [0, 0.1) is 12.7 Å². The van der Waals surface area contributed by atoms with E-state index < -0.39 is 5.82 Å². The second-order valence-corrected chi connectivity index (χ2v) is 7.09. The van der Waals surface area contributed by atoms with E-state index in [0.717, 1.165) is 25.3 Å². The van der Waals surface area contributed by atoms with Gasteiger partial charge in [0, 0.05) is 43.6 Å². The van der Waals surface area contributed by atoms with E-state index >= 15 is 0 Å². The molecule has 0 aromatic carbocycles. The van der Waals surface area contributed by atoms with Gasteiger partial charge in [-0.25, -0.2) is 9.37 Å². The molecule has 4 rings (SSSR count). The maximum absolute atomic E-state index is 13.5. The SMILES string of the molecule is Cc1nc2ccc(F)cn2c(=O)c1CN1CCNCC12CCCC2. The molecule has 1 aliphatic carbocycles. The number of fused-ring (bicyclic) bond motifs is 1. The summed E-state index contributed by atoms with van der Waals surface area (Å²) in [6, 6.07) is 2.89. The van der Waals surface area contributed by atoms with Gasteiger partial charge in [0.2, 0.25) is 0 Å². The Kier molecular flexibility index (Phi) is 3.89. The van der Waals surface area contributed by atoms with E-state index in [1.807, 2.05) is 6.92 Å². The first-order valence-corrected chi connectivity index (χ1v) is 8.72. The molecule has 1 spiro atoms. The van der Waals surface area contributed by atoms with Crippen molar-refractivity contribution in [1.82, 2.24) is 19.6 Å². The molecule has 2 aromatic heterocycles. The van der Waals surface area contributed by atoms with Gasteiger partial charge in [-0.3, -0.25) is 14.1 Å². The molecule has 1 N–H and O–H groups in total. The summed E-state index contributed by atoms with van der Waals surface area (Å²) < 4.78 is 14.9. The van der Waals surface area contributed by atoms with Crippen LogP contribution in [0.15, 0.2) is 23.1 Å². The lowest BCUT2D eigenvalue weighted by Crippen LogP contribution is -2.59. The van der Waals surface area contributed by atoms with Crippen LogP contribution < -0.4 is 10.9 Å². The van der Waals surface area contributed by atoms with Crippen molar-refractivity contribution >= 4 is 5.65 Å². The fourth-order valence-electron chi connectivity index (χ4n) is 4.29. The Morgan fingerprint density at radius 2 is 2.12 bits per heavy atom. The Morgan fingerprint density at radius 3 is 2.92 bits per heavy atom. The number of aromatic nitrogens is 2. The monoisotopic (exact) mass is 330 g/mol. The second kappa shape index (κ2) is 5.93. The standard InChI is InChI=1S/C18H23FN4O/c1-13-15(17(24)23-10-14(19)4-5-16(23)21-13)11-22-9-8-20-12-18(22)6-2-3-7-18/h4-5,10,20H,2-3,6-9,11-12H2,1H3. The lowest BCUT2D eigenvalue weighted by atomic mass is 9.92. The lowest BCUT2D eigenvalue weighted by molar-refractivity contribution is 0.0565. The molecule has 3 heterocycles. The number of nitrogens with zero attached hydrogens (tertiary/aromatic N) is 3. The van der Waals surface area contributed by atoms with Crippen LogP contribution in [0.2, 0.25) is 0 Å². The number of piperazine rings is 1. The van der Waals surface area contributed by atoms with Gasteiger partial charge in [-0.15, -0.1) is 0 Å². The van der Waals surface area contributed by atoms with Crippen molar-refractivity contribution in [3.8, 4) is 0 Å². The second-order valence-electron chi connectivity index (χ2n) is 7.09. The Labute approximate surface area is 140 Å². The minimum Gasteiger partial charge on any atom is -0.314 e. The van der Waals surface area contributed by atoms with Crippen molar-refractivity contribution < 1.29 is 4.39 Å². The Bertz CT molecular complexity index is 826.